The number of anilines is 1. The lowest BCUT2D eigenvalue weighted by atomic mass is 9.99. The Labute approximate surface area is 244 Å². The van der Waals surface area contributed by atoms with E-state index in [4.69, 9.17) is 28.1 Å². The Morgan fingerprint density at radius 1 is 0.881 bits per heavy atom. The predicted octanol–water partition coefficient (Wildman–Crippen LogP) is 2.84. The number of hydrogen-bond donors (Lipinski definition) is 0. The number of carbonyl (C=O) groups is 5. The molecule has 1 fully saturated rings. The zero-order valence-corrected chi connectivity index (χ0v) is 23.9. The molecule has 2 aliphatic heterocycles. The second-order valence-electron chi connectivity index (χ2n) is 9.10. The second kappa shape index (κ2) is 13.5. The van der Waals surface area contributed by atoms with Crippen molar-refractivity contribution in [2.75, 3.05) is 11.5 Å². The van der Waals surface area contributed by atoms with E-state index in [-0.39, 0.29) is 17.5 Å². The molecule has 0 N–H and O–H groups in total. The Hall–Kier alpha value is -4.43. The number of esters is 4. The van der Waals surface area contributed by atoms with Crippen LogP contribution in [0.1, 0.15) is 33.5 Å². The number of carbonyl (C=O) groups excluding carboxylic acids is 5. The number of thioether (sulfide) groups is 1. The van der Waals surface area contributed by atoms with Gasteiger partial charge in [-0.3, -0.25) is 28.9 Å². The normalized spacial score (nSPS) is 24.6. The van der Waals surface area contributed by atoms with Crippen LogP contribution in [0.2, 0.25) is 0 Å². The van der Waals surface area contributed by atoms with Crippen molar-refractivity contribution >= 4 is 58.5 Å². The molecule has 1 aromatic heterocycles. The molecule has 0 spiro atoms. The summed E-state index contributed by atoms with van der Waals surface area (Å²) in [5.41, 5.74) is -0.629. The lowest BCUT2D eigenvalue weighted by Gasteiger charge is -2.44. The zero-order chi connectivity index (χ0) is 30.4. The van der Waals surface area contributed by atoms with Crippen molar-refractivity contribution in [2.24, 2.45) is 4.99 Å². The Balaban J connectivity index is 1.77. The van der Waals surface area contributed by atoms with Gasteiger partial charge in [-0.25, -0.2) is 4.99 Å². The van der Waals surface area contributed by atoms with Crippen molar-refractivity contribution in [3.8, 4) is 0 Å². The van der Waals surface area contributed by atoms with Crippen LogP contribution in [0.5, 0.6) is 0 Å². The SMILES string of the molecule is CC(=O)OC[C@H]1O[C@@H](SC2=N/C(=C\c3ccco3)C(=O)N2c2ccccc2)[C@H](OC(C)=O)[C@@H](OC(C)=O)[C@@H]1OC(C)=O. The number of rotatable bonds is 8. The number of amidine groups is 1. The molecule has 0 radical (unpaired) electrons. The molecule has 0 saturated carbocycles. The van der Waals surface area contributed by atoms with Crippen LogP contribution < -0.4 is 4.90 Å². The number of ether oxygens (including phenoxy) is 5. The summed E-state index contributed by atoms with van der Waals surface area (Å²) in [6.07, 6.45) is -2.21. The van der Waals surface area contributed by atoms with Crippen LogP contribution in [-0.2, 0) is 47.7 Å². The monoisotopic (exact) mass is 600 g/mol. The Bertz CT molecular complexity index is 1390. The number of aliphatic imine (C=N–C) groups is 1. The Morgan fingerprint density at radius 2 is 1.52 bits per heavy atom. The van der Waals surface area contributed by atoms with Gasteiger partial charge in [0.1, 0.15) is 24.2 Å². The molecule has 1 saturated heterocycles. The first-order valence-corrected chi connectivity index (χ1v) is 13.6. The van der Waals surface area contributed by atoms with Gasteiger partial charge in [0.05, 0.1) is 12.0 Å². The lowest BCUT2D eigenvalue weighted by Crippen LogP contribution is -2.61. The summed E-state index contributed by atoms with van der Waals surface area (Å²) in [4.78, 5) is 67.4. The second-order valence-corrected chi connectivity index (χ2v) is 10.2. The van der Waals surface area contributed by atoms with Crippen LogP contribution in [0.15, 0.2) is 63.8 Å². The van der Waals surface area contributed by atoms with E-state index in [0.717, 1.165) is 32.5 Å². The number of nitrogens with zero attached hydrogens (tertiary/aromatic N) is 2. The highest BCUT2D eigenvalue weighted by Crippen LogP contribution is 2.38. The summed E-state index contributed by atoms with van der Waals surface area (Å²) in [6, 6.07) is 12.0. The molecular weight excluding hydrogens is 572 g/mol. The average molecular weight is 601 g/mol. The molecule has 2 aliphatic rings. The van der Waals surface area contributed by atoms with Gasteiger partial charge in [0.2, 0.25) is 0 Å². The summed E-state index contributed by atoms with van der Waals surface area (Å²) in [7, 11) is 0. The maximum absolute atomic E-state index is 13.5. The smallest absolute Gasteiger partial charge is 0.303 e. The number of hydrogen-bond acceptors (Lipinski definition) is 13. The van der Waals surface area contributed by atoms with Crippen molar-refractivity contribution in [2.45, 2.75) is 57.5 Å². The van der Waals surface area contributed by atoms with Crippen molar-refractivity contribution in [1.29, 1.82) is 0 Å². The van der Waals surface area contributed by atoms with Crippen molar-refractivity contribution in [3.05, 3.63) is 60.2 Å². The third kappa shape index (κ3) is 7.44. The minimum atomic E-state index is -1.36. The van der Waals surface area contributed by atoms with E-state index in [1.54, 1.807) is 42.5 Å². The fraction of sp³-hybridized carbons (Fsp3) is 0.357. The number of amides is 1. The van der Waals surface area contributed by atoms with Crippen LogP contribution in [0.3, 0.4) is 0 Å². The number of benzene rings is 1. The maximum atomic E-state index is 13.5. The molecule has 13 nitrogen and oxygen atoms in total. The lowest BCUT2D eigenvalue weighted by molar-refractivity contribution is -0.237. The summed E-state index contributed by atoms with van der Waals surface area (Å²) in [5.74, 6) is -2.94. The molecule has 42 heavy (non-hydrogen) atoms. The predicted molar refractivity (Wildman–Crippen MR) is 148 cm³/mol. The molecule has 0 aliphatic carbocycles. The summed E-state index contributed by atoms with van der Waals surface area (Å²) < 4.78 is 33.1. The fourth-order valence-electron chi connectivity index (χ4n) is 4.28. The quantitative estimate of drug-likeness (QED) is 0.248. The van der Waals surface area contributed by atoms with Gasteiger partial charge in [-0.2, -0.15) is 0 Å². The zero-order valence-electron chi connectivity index (χ0n) is 23.1. The molecule has 3 heterocycles. The van der Waals surface area contributed by atoms with E-state index in [0.29, 0.717) is 11.4 Å². The molecule has 4 rings (SSSR count). The van der Waals surface area contributed by atoms with Gasteiger partial charge in [0.15, 0.2) is 28.9 Å². The van der Waals surface area contributed by atoms with Crippen LogP contribution in [0.4, 0.5) is 5.69 Å². The highest BCUT2D eigenvalue weighted by Gasteiger charge is 2.53. The van der Waals surface area contributed by atoms with E-state index in [1.807, 2.05) is 0 Å². The molecule has 0 unspecified atom stereocenters. The topological polar surface area (TPSA) is 160 Å². The van der Waals surface area contributed by atoms with Gasteiger partial charge in [-0.15, -0.1) is 0 Å². The van der Waals surface area contributed by atoms with Crippen molar-refractivity contribution in [1.82, 2.24) is 0 Å². The first kappa shape index (κ1) is 30.5. The average Bonchev–Trinajstić information content (AvgIpc) is 3.54. The molecule has 0 bridgehead atoms. The fourth-order valence-corrected chi connectivity index (χ4v) is 5.47. The summed E-state index contributed by atoms with van der Waals surface area (Å²) in [5, 5.41) is 0.143. The molecule has 1 aromatic carbocycles. The summed E-state index contributed by atoms with van der Waals surface area (Å²) >= 11 is 0.903. The summed E-state index contributed by atoms with van der Waals surface area (Å²) in [6.45, 7) is 4.22. The first-order valence-electron chi connectivity index (χ1n) is 12.7. The minimum absolute atomic E-state index is 0.0573. The molecular formula is C28H28N2O11S. The molecule has 1 amide bonds. The van der Waals surface area contributed by atoms with Crippen LogP contribution >= 0.6 is 11.8 Å². The third-order valence-electron chi connectivity index (χ3n) is 5.84. The largest absolute Gasteiger partial charge is 0.465 e. The van der Waals surface area contributed by atoms with Gasteiger partial charge in [0.25, 0.3) is 5.91 Å². The van der Waals surface area contributed by atoms with E-state index in [2.05, 4.69) is 4.99 Å². The number of furan rings is 1. The number of para-hydroxylation sites is 1. The highest BCUT2D eigenvalue weighted by molar-refractivity contribution is 8.14. The van der Waals surface area contributed by atoms with Crippen molar-refractivity contribution < 1.29 is 52.1 Å². The van der Waals surface area contributed by atoms with Crippen LogP contribution in [-0.4, -0.2) is 71.4 Å². The van der Waals surface area contributed by atoms with Gasteiger partial charge in [0, 0.05) is 33.8 Å². The van der Waals surface area contributed by atoms with Crippen LogP contribution in [0, 0.1) is 0 Å². The maximum Gasteiger partial charge on any atom is 0.303 e. The molecule has 5 atom stereocenters. The molecule has 222 valence electrons. The van der Waals surface area contributed by atoms with E-state index >= 15 is 0 Å². The third-order valence-corrected chi connectivity index (χ3v) is 6.93. The van der Waals surface area contributed by atoms with Crippen LogP contribution in [0.25, 0.3) is 6.08 Å². The van der Waals surface area contributed by atoms with Gasteiger partial charge in [-0.05, 0) is 24.3 Å². The van der Waals surface area contributed by atoms with Gasteiger partial charge in [-0.1, -0.05) is 30.0 Å². The minimum Gasteiger partial charge on any atom is -0.465 e. The van der Waals surface area contributed by atoms with E-state index < -0.39 is 59.6 Å². The first-order chi connectivity index (χ1) is 20.0. The molecule has 2 aromatic rings. The molecule has 14 heteroatoms. The van der Waals surface area contributed by atoms with E-state index in [9.17, 15) is 24.0 Å². The van der Waals surface area contributed by atoms with Gasteiger partial charge >= 0.3 is 23.9 Å². The van der Waals surface area contributed by atoms with Crippen molar-refractivity contribution in [3.63, 3.8) is 0 Å². The standard InChI is InChI=1S/C28H28N2O11S/c1-15(31)37-14-22-23(38-16(2)32)24(39-17(3)33)25(40-18(4)34)27(41-22)42-28-29-21(13-20-11-8-12-36-20)26(35)30(28)19-9-6-5-7-10-19/h5-13,22-25,27H,14H2,1-4H3/b21-13-/t22-,23-,24+,25-,27+/m1/s1. The highest BCUT2D eigenvalue weighted by atomic mass is 32.2. The van der Waals surface area contributed by atoms with E-state index in [1.165, 1.54) is 24.2 Å². The van der Waals surface area contributed by atoms with Gasteiger partial charge < -0.3 is 28.1 Å². The Morgan fingerprint density at radius 3 is 2.12 bits per heavy atom. The Kier molecular flexibility index (Phi) is 9.80.